The van der Waals surface area contributed by atoms with E-state index in [2.05, 4.69) is 11.2 Å². The van der Waals surface area contributed by atoms with Crippen molar-refractivity contribution in [2.75, 3.05) is 6.61 Å². The minimum absolute atomic E-state index is 0.0438. The van der Waals surface area contributed by atoms with Crippen LogP contribution in [0.3, 0.4) is 0 Å². The summed E-state index contributed by atoms with van der Waals surface area (Å²) in [5.41, 5.74) is 0. The van der Waals surface area contributed by atoms with Crippen LogP contribution in [0, 0.1) is 17.5 Å². The van der Waals surface area contributed by atoms with Crippen LogP contribution < -0.4 is 4.74 Å². The molecule has 0 aliphatic carbocycles. The summed E-state index contributed by atoms with van der Waals surface area (Å²) < 4.78 is 4.88. The third-order valence-electron chi connectivity index (χ3n) is 0.875. The molecule has 0 saturated carbocycles. The fraction of sp³-hybridized carbons (Fsp3) is 0.143. The Bertz CT molecular complexity index is 227. The van der Waals surface area contributed by atoms with Gasteiger partial charge in [0.05, 0.1) is 0 Å². The highest BCUT2D eigenvalue weighted by atomic mass is 16.5. The zero-order valence-corrected chi connectivity index (χ0v) is 5.24. The minimum atomic E-state index is 0.0438. The molecule has 3 heteroatoms. The Kier molecular flexibility index (Phi) is 2.27. The van der Waals surface area contributed by atoms with Crippen LogP contribution in [0.4, 0.5) is 0 Å². The molecule has 0 bridgehead atoms. The molecule has 0 aromatic carbocycles. The topological polar surface area (TPSA) is 45.9 Å². The Hall–Kier alpha value is -1.56. The van der Waals surface area contributed by atoms with Crippen molar-refractivity contribution in [2.45, 2.75) is 0 Å². The van der Waals surface area contributed by atoms with Gasteiger partial charge in [0.1, 0.15) is 18.0 Å². The first kappa shape index (κ1) is 6.56. The van der Waals surface area contributed by atoms with Gasteiger partial charge in [-0.05, 0) is 12.1 Å². The van der Waals surface area contributed by atoms with Crippen LogP contribution >= 0.6 is 0 Å². The van der Waals surface area contributed by atoms with Gasteiger partial charge in [-0.1, -0.05) is 0 Å². The second-order valence-electron chi connectivity index (χ2n) is 1.56. The summed E-state index contributed by atoms with van der Waals surface area (Å²) in [6.07, 6.45) is 4.18. The molecule has 1 aromatic rings. The summed E-state index contributed by atoms with van der Waals surface area (Å²) in [4.78, 5) is 3.68. The summed E-state index contributed by atoms with van der Waals surface area (Å²) >= 11 is 0. The Balaban J connectivity index is 2.52. The van der Waals surface area contributed by atoms with Gasteiger partial charge in [-0.2, -0.15) is 5.26 Å². The Morgan fingerprint density at radius 3 is 3.30 bits per heavy atom. The number of nitrogens with zero attached hydrogens (tertiary/aromatic N) is 2. The fourth-order valence-electron chi connectivity index (χ4n) is 0.502. The second-order valence-corrected chi connectivity index (χ2v) is 1.56. The number of hydrogen-bond donors (Lipinski definition) is 0. The molecule has 0 N–H and O–H groups in total. The molecule has 0 aliphatic rings. The van der Waals surface area contributed by atoms with E-state index < -0.39 is 0 Å². The molecule has 1 radical (unpaired) electrons. The molecule has 1 rings (SSSR count). The fourth-order valence-corrected chi connectivity index (χ4v) is 0.502. The molecule has 0 spiro atoms. The zero-order chi connectivity index (χ0) is 7.23. The first-order valence-electron chi connectivity index (χ1n) is 2.76. The van der Waals surface area contributed by atoms with Crippen LogP contribution in [0.25, 0.3) is 0 Å². The summed E-state index contributed by atoms with van der Waals surface area (Å²) in [7, 11) is 0. The molecule has 0 unspecified atom stereocenters. The van der Waals surface area contributed by atoms with E-state index in [-0.39, 0.29) is 6.61 Å². The molecule has 10 heavy (non-hydrogen) atoms. The molecule has 3 nitrogen and oxygen atoms in total. The zero-order valence-electron chi connectivity index (χ0n) is 5.24. The van der Waals surface area contributed by atoms with Gasteiger partial charge in [-0.3, -0.25) is 4.98 Å². The maximum absolute atomic E-state index is 8.12. The SMILES string of the molecule is N#CCOc1[c]nccc1. The van der Waals surface area contributed by atoms with Gasteiger partial charge in [-0.25, -0.2) is 0 Å². The number of aromatic nitrogens is 1. The van der Waals surface area contributed by atoms with Crippen molar-refractivity contribution >= 4 is 0 Å². The number of pyridine rings is 1. The van der Waals surface area contributed by atoms with Crippen molar-refractivity contribution < 1.29 is 4.74 Å². The molecular weight excluding hydrogens is 128 g/mol. The number of hydrogen-bond acceptors (Lipinski definition) is 3. The lowest BCUT2D eigenvalue weighted by Crippen LogP contribution is -1.93. The van der Waals surface area contributed by atoms with E-state index in [0.717, 1.165) is 0 Å². The molecule has 0 atom stereocenters. The van der Waals surface area contributed by atoms with E-state index in [1.54, 1.807) is 18.3 Å². The van der Waals surface area contributed by atoms with Crippen LogP contribution in [0.1, 0.15) is 0 Å². The van der Waals surface area contributed by atoms with E-state index in [1.165, 1.54) is 0 Å². The highest BCUT2D eigenvalue weighted by Crippen LogP contribution is 2.03. The van der Waals surface area contributed by atoms with Crippen molar-refractivity contribution in [1.29, 1.82) is 5.26 Å². The first-order valence-corrected chi connectivity index (χ1v) is 2.76. The van der Waals surface area contributed by atoms with E-state index in [0.29, 0.717) is 5.75 Å². The van der Waals surface area contributed by atoms with Crippen molar-refractivity contribution in [1.82, 2.24) is 4.98 Å². The predicted octanol–water partition coefficient (Wildman–Crippen LogP) is 0.784. The smallest absolute Gasteiger partial charge is 0.174 e. The molecule has 0 aliphatic heterocycles. The van der Waals surface area contributed by atoms with Gasteiger partial charge in [0, 0.05) is 6.20 Å². The third-order valence-corrected chi connectivity index (χ3v) is 0.875. The highest BCUT2D eigenvalue weighted by Gasteiger charge is 1.88. The molecular formula is C7H5N2O. The quantitative estimate of drug-likeness (QED) is 0.599. The largest absolute Gasteiger partial charge is 0.476 e. The van der Waals surface area contributed by atoms with Gasteiger partial charge in [0.15, 0.2) is 6.61 Å². The van der Waals surface area contributed by atoms with Crippen LogP contribution in [0.2, 0.25) is 0 Å². The van der Waals surface area contributed by atoms with Gasteiger partial charge in [0.2, 0.25) is 0 Å². The monoisotopic (exact) mass is 133 g/mol. The summed E-state index contributed by atoms with van der Waals surface area (Å²) in [5.74, 6) is 0.504. The maximum Gasteiger partial charge on any atom is 0.174 e. The summed E-state index contributed by atoms with van der Waals surface area (Å²) in [6, 6.07) is 5.27. The lowest BCUT2D eigenvalue weighted by Gasteiger charge is -1.96. The molecule has 1 aromatic heterocycles. The Morgan fingerprint density at radius 2 is 2.70 bits per heavy atom. The maximum atomic E-state index is 8.12. The predicted molar refractivity (Wildman–Crippen MR) is 34.2 cm³/mol. The third kappa shape index (κ3) is 1.75. The minimum Gasteiger partial charge on any atom is -0.476 e. The Morgan fingerprint density at radius 1 is 1.80 bits per heavy atom. The summed E-state index contributed by atoms with van der Waals surface area (Å²) in [6.45, 7) is 0.0438. The van der Waals surface area contributed by atoms with Crippen LogP contribution in [-0.2, 0) is 0 Å². The molecule has 49 valence electrons. The lowest BCUT2D eigenvalue weighted by molar-refractivity contribution is 0.365. The molecule has 0 fully saturated rings. The van der Waals surface area contributed by atoms with Gasteiger partial charge >= 0.3 is 0 Å². The van der Waals surface area contributed by atoms with Gasteiger partial charge in [0.25, 0.3) is 0 Å². The van der Waals surface area contributed by atoms with E-state index >= 15 is 0 Å². The van der Waals surface area contributed by atoms with E-state index in [4.69, 9.17) is 10.00 Å². The number of nitriles is 1. The molecule has 1 heterocycles. The van der Waals surface area contributed by atoms with Crippen molar-refractivity contribution in [3.05, 3.63) is 24.5 Å². The average molecular weight is 133 g/mol. The molecule has 0 amide bonds. The van der Waals surface area contributed by atoms with Gasteiger partial charge < -0.3 is 4.74 Å². The first-order chi connectivity index (χ1) is 4.93. The number of ether oxygens (including phenoxy) is 1. The molecule has 0 saturated heterocycles. The Labute approximate surface area is 58.9 Å². The van der Waals surface area contributed by atoms with Crippen LogP contribution in [0.15, 0.2) is 18.3 Å². The van der Waals surface area contributed by atoms with Crippen LogP contribution in [-0.4, -0.2) is 11.6 Å². The number of rotatable bonds is 2. The summed E-state index contributed by atoms with van der Waals surface area (Å²) in [5, 5.41) is 8.12. The van der Waals surface area contributed by atoms with Crippen molar-refractivity contribution in [2.24, 2.45) is 0 Å². The highest BCUT2D eigenvalue weighted by molar-refractivity contribution is 5.14. The van der Waals surface area contributed by atoms with Crippen molar-refractivity contribution in [3.8, 4) is 11.8 Å². The standard InChI is InChI=1S/C7H5N2O/c8-3-5-10-7-2-1-4-9-6-7/h1-2,4H,5H2. The second kappa shape index (κ2) is 3.46. The van der Waals surface area contributed by atoms with E-state index in [1.807, 2.05) is 6.07 Å². The van der Waals surface area contributed by atoms with Crippen LogP contribution in [0.5, 0.6) is 5.75 Å². The average Bonchev–Trinajstić information content (AvgIpc) is 2.03. The van der Waals surface area contributed by atoms with Crippen molar-refractivity contribution in [3.63, 3.8) is 0 Å². The van der Waals surface area contributed by atoms with E-state index in [9.17, 15) is 0 Å². The lowest BCUT2D eigenvalue weighted by atomic mass is 10.5. The van der Waals surface area contributed by atoms with Gasteiger partial charge in [-0.15, -0.1) is 0 Å². The normalized spacial score (nSPS) is 8.30.